The fourth-order valence-electron chi connectivity index (χ4n) is 3.02. The van der Waals surface area contributed by atoms with E-state index in [4.69, 9.17) is 27.0 Å². The Bertz CT molecular complexity index is 701. The molecule has 0 aliphatic carbocycles. The second-order valence-corrected chi connectivity index (χ2v) is 36.0. The Hall–Kier alpha value is -0.136. The summed E-state index contributed by atoms with van der Waals surface area (Å²) in [6.45, 7) is 31.6. The van der Waals surface area contributed by atoms with Gasteiger partial charge < -0.3 is 27.0 Å². The van der Waals surface area contributed by atoms with Gasteiger partial charge in [-0.25, -0.2) is 4.79 Å². The molecule has 0 saturated heterocycles. The van der Waals surface area contributed by atoms with Gasteiger partial charge in [-0.2, -0.15) is 0 Å². The normalized spacial score (nSPS) is 17.1. The maximum absolute atomic E-state index is 13.4. The maximum atomic E-state index is 13.4. The third-order valence-corrected chi connectivity index (χ3v) is 8.67. The molecule has 0 heterocycles. The quantitative estimate of drug-likeness (QED) is 0.135. The molecule has 3 atom stereocenters. The Kier molecular flexibility index (Phi) is 13.0. The summed E-state index contributed by atoms with van der Waals surface area (Å²) in [4.78, 5) is 18.6. The van der Waals surface area contributed by atoms with Crippen LogP contribution in [0.3, 0.4) is 0 Å². The second kappa shape index (κ2) is 13.1. The van der Waals surface area contributed by atoms with Crippen molar-refractivity contribution in [1.82, 2.24) is 0 Å². The van der Waals surface area contributed by atoms with E-state index in [-0.39, 0.29) is 5.71 Å². The molecular weight excluding hydrogens is 531 g/mol. The molecule has 0 aromatic heterocycles. The highest BCUT2D eigenvalue weighted by atomic mass is 28.4. The molecule has 0 bridgehead atoms. The van der Waals surface area contributed by atoms with Crippen LogP contribution in [0.2, 0.25) is 98.2 Å². The lowest BCUT2D eigenvalue weighted by atomic mass is 10.0. The summed E-state index contributed by atoms with van der Waals surface area (Å²) in [5.74, 6) is -0.531. The molecule has 0 fully saturated rings. The van der Waals surface area contributed by atoms with Gasteiger partial charge in [-0.3, -0.25) is 0 Å². The fourth-order valence-corrected chi connectivity index (χ4v) is 7.55. The van der Waals surface area contributed by atoms with Crippen LogP contribution >= 0.6 is 0 Å². The molecule has 0 aliphatic rings. The van der Waals surface area contributed by atoms with E-state index in [9.17, 15) is 4.79 Å². The third kappa shape index (κ3) is 17.1. The van der Waals surface area contributed by atoms with Gasteiger partial charge in [0.25, 0.3) is 0 Å². The number of carbonyl (C=O) groups excluding carboxylic acids is 1. The van der Waals surface area contributed by atoms with Crippen LogP contribution in [0.25, 0.3) is 0 Å². The standard InChI is InChI=1S/C22H53NO7Si5/c1-25-23-19(22(24)30-35(14,15)16)21(29-34(11,12)13)20(28-33(8,9)10)18(27-32(5,6)7)17-26-31(2,3)4/h18,20-21H,17H2,1-16H3/b23-19-/t18-,20-,21-/m0/s1. The van der Waals surface area contributed by atoms with Crippen molar-refractivity contribution in [3.05, 3.63) is 0 Å². The molecule has 0 rings (SSSR count). The topological polar surface area (TPSA) is 84.8 Å². The molecule has 208 valence electrons. The molecule has 0 spiro atoms. The molecular formula is C22H53NO7Si5. The third-order valence-electron chi connectivity index (χ3n) is 3.89. The van der Waals surface area contributed by atoms with Gasteiger partial charge in [0, 0.05) is 0 Å². The van der Waals surface area contributed by atoms with E-state index in [0.29, 0.717) is 6.61 Å². The predicted molar refractivity (Wildman–Crippen MR) is 158 cm³/mol. The minimum atomic E-state index is -2.21. The Morgan fingerprint density at radius 2 is 1.11 bits per heavy atom. The number of rotatable bonds is 15. The second-order valence-electron chi connectivity index (χ2n) is 13.7. The summed E-state index contributed by atoms with van der Waals surface area (Å²) >= 11 is 0. The van der Waals surface area contributed by atoms with Crippen molar-refractivity contribution in [2.24, 2.45) is 5.16 Å². The number of oxime groups is 1. The maximum Gasteiger partial charge on any atom is 0.345 e. The molecule has 35 heavy (non-hydrogen) atoms. The van der Waals surface area contributed by atoms with Gasteiger partial charge in [0.15, 0.2) is 39.0 Å². The Morgan fingerprint density at radius 1 is 0.657 bits per heavy atom. The van der Waals surface area contributed by atoms with E-state index in [2.05, 4.69) is 83.7 Å². The number of carbonyl (C=O) groups is 1. The van der Waals surface area contributed by atoms with E-state index in [0.717, 1.165) is 0 Å². The lowest BCUT2D eigenvalue weighted by Gasteiger charge is -2.42. The lowest BCUT2D eigenvalue weighted by molar-refractivity contribution is -0.129. The Morgan fingerprint density at radius 3 is 1.46 bits per heavy atom. The molecule has 0 aliphatic heterocycles. The molecule has 13 heteroatoms. The summed E-state index contributed by atoms with van der Waals surface area (Å²) in [7, 11) is -9.00. The molecule has 8 nitrogen and oxygen atoms in total. The zero-order valence-corrected chi connectivity index (χ0v) is 30.2. The predicted octanol–water partition coefficient (Wildman–Crippen LogP) is 5.88. The largest absolute Gasteiger partial charge is 0.515 e. The van der Waals surface area contributed by atoms with Crippen molar-refractivity contribution in [1.29, 1.82) is 0 Å². The summed E-state index contributed by atoms with van der Waals surface area (Å²) in [5, 5.41) is 4.15. The van der Waals surface area contributed by atoms with Gasteiger partial charge >= 0.3 is 5.97 Å². The molecule has 0 saturated carbocycles. The van der Waals surface area contributed by atoms with Crippen LogP contribution in [0.5, 0.6) is 0 Å². The molecule has 0 radical (unpaired) electrons. The van der Waals surface area contributed by atoms with Crippen molar-refractivity contribution in [2.45, 2.75) is 117 Å². The molecule has 0 aromatic rings. The van der Waals surface area contributed by atoms with Gasteiger partial charge in [-0.15, -0.1) is 0 Å². The Balaban J connectivity index is 6.87. The van der Waals surface area contributed by atoms with Crippen molar-refractivity contribution in [2.75, 3.05) is 13.7 Å². The van der Waals surface area contributed by atoms with Gasteiger partial charge in [0.2, 0.25) is 8.32 Å². The summed E-state index contributed by atoms with van der Waals surface area (Å²) in [6.07, 6.45) is -1.87. The first kappa shape index (κ1) is 34.9. The first-order chi connectivity index (χ1) is 15.3. The minimum absolute atomic E-state index is 0.0813. The highest BCUT2D eigenvalue weighted by Gasteiger charge is 2.45. The summed E-state index contributed by atoms with van der Waals surface area (Å²) in [5.41, 5.74) is 0.0813. The minimum Gasteiger partial charge on any atom is -0.515 e. The zero-order valence-electron chi connectivity index (χ0n) is 25.2. The molecule has 0 unspecified atom stereocenters. The lowest BCUT2D eigenvalue weighted by Crippen LogP contribution is -2.58. The average Bonchev–Trinajstić information content (AvgIpc) is 2.54. The first-order valence-corrected chi connectivity index (χ1v) is 29.4. The summed E-state index contributed by atoms with van der Waals surface area (Å²) < 4.78 is 32.3. The van der Waals surface area contributed by atoms with Crippen LogP contribution in [-0.4, -0.2) is 85.3 Å². The van der Waals surface area contributed by atoms with Crippen molar-refractivity contribution >= 4 is 53.3 Å². The van der Waals surface area contributed by atoms with Crippen LogP contribution in [0.15, 0.2) is 5.16 Å². The van der Waals surface area contributed by atoms with Crippen LogP contribution in [0, 0.1) is 0 Å². The molecule has 0 amide bonds. The number of nitrogens with zero attached hydrogens (tertiary/aromatic N) is 1. The number of hydrogen-bond acceptors (Lipinski definition) is 8. The van der Waals surface area contributed by atoms with Crippen molar-refractivity contribution in [3.63, 3.8) is 0 Å². The van der Waals surface area contributed by atoms with E-state index in [1.165, 1.54) is 7.11 Å². The van der Waals surface area contributed by atoms with Crippen LogP contribution in [0.1, 0.15) is 0 Å². The van der Waals surface area contributed by atoms with E-state index < -0.39 is 65.9 Å². The monoisotopic (exact) mass is 583 g/mol. The van der Waals surface area contributed by atoms with Crippen LogP contribution in [-0.2, 0) is 31.8 Å². The highest BCUT2D eigenvalue weighted by molar-refractivity contribution is 6.73. The zero-order chi connectivity index (χ0) is 28.0. The summed E-state index contributed by atoms with van der Waals surface area (Å²) in [6, 6.07) is 0. The first-order valence-electron chi connectivity index (χ1n) is 12.4. The Labute approximate surface area is 220 Å². The van der Waals surface area contributed by atoms with E-state index in [1.54, 1.807) is 0 Å². The van der Waals surface area contributed by atoms with E-state index >= 15 is 0 Å². The number of hydrogen-bond donors (Lipinski definition) is 0. The van der Waals surface area contributed by atoms with Gasteiger partial charge in [0.05, 0.1) is 12.7 Å². The van der Waals surface area contributed by atoms with Crippen LogP contribution < -0.4 is 0 Å². The smallest absolute Gasteiger partial charge is 0.345 e. The van der Waals surface area contributed by atoms with Gasteiger partial charge in [-0.05, 0) is 98.2 Å². The van der Waals surface area contributed by atoms with Crippen molar-refractivity contribution in [3.8, 4) is 0 Å². The average molecular weight is 584 g/mol. The van der Waals surface area contributed by atoms with E-state index in [1.807, 2.05) is 19.6 Å². The fraction of sp³-hybridized carbons (Fsp3) is 0.909. The molecule has 0 N–H and O–H groups in total. The SMILES string of the molecule is CO/N=C(\C(=O)O[Si](C)(C)C)[C@H](O[Si](C)(C)C)[C@@H](O[Si](C)(C)C)[C@H](CO[Si](C)(C)C)O[Si](C)(C)C. The highest BCUT2D eigenvalue weighted by Crippen LogP contribution is 2.26. The van der Waals surface area contributed by atoms with Gasteiger partial charge in [0.1, 0.15) is 19.3 Å². The van der Waals surface area contributed by atoms with Crippen molar-refractivity contribution < 1.29 is 31.8 Å². The molecule has 0 aromatic carbocycles. The van der Waals surface area contributed by atoms with Crippen LogP contribution in [0.4, 0.5) is 0 Å². The van der Waals surface area contributed by atoms with Gasteiger partial charge in [-0.1, -0.05) is 5.16 Å².